The first-order chi connectivity index (χ1) is 51.2. The minimum atomic E-state index is -0.264. The van der Waals surface area contributed by atoms with Gasteiger partial charge in [-0.05, 0) is 175 Å². The van der Waals surface area contributed by atoms with Gasteiger partial charge in [-0.15, -0.1) is 13.2 Å². The maximum atomic E-state index is 11.4. The number of esters is 1. The molecule has 1 unspecified atom stereocenters. The van der Waals surface area contributed by atoms with Gasteiger partial charge < -0.3 is 24.3 Å². The van der Waals surface area contributed by atoms with E-state index in [9.17, 15) is 24.0 Å². The molecule has 112 heavy (non-hydrogen) atoms. The number of ether oxygens (including phenoxy) is 1. The number of carbonyl (C=O) groups is 5. The fraction of sp³-hybridized carbons (Fsp3) is 0.526. The third-order valence-electron chi connectivity index (χ3n) is 15.9. The van der Waals surface area contributed by atoms with E-state index >= 15 is 0 Å². The monoisotopic (exact) mass is 1540 g/mol. The van der Waals surface area contributed by atoms with Crippen molar-refractivity contribution in [2.24, 2.45) is 27.1 Å². The van der Waals surface area contributed by atoms with Crippen molar-refractivity contribution in [3.8, 4) is 0 Å². The molecule has 0 radical (unpaired) electrons. The van der Waals surface area contributed by atoms with Gasteiger partial charge in [0.1, 0.15) is 6.10 Å². The Balaban J connectivity index is -0.000000383. The highest BCUT2D eigenvalue weighted by atomic mass is 16.5. The van der Waals surface area contributed by atoms with Crippen LogP contribution in [0.15, 0.2) is 182 Å². The molecular formula is C97H157N9O6. The van der Waals surface area contributed by atoms with Gasteiger partial charge in [-0.25, -0.2) is 14.8 Å². The molecule has 15 nitrogen and oxygen atoms in total. The molecule has 0 aromatic carbocycles. The Morgan fingerprint density at radius 1 is 0.438 bits per heavy atom. The highest BCUT2D eigenvalue weighted by Gasteiger charge is 2.24. The largest absolute Gasteiger partial charge is 0.459 e. The number of amides is 4. The van der Waals surface area contributed by atoms with Gasteiger partial charge in [-0.2, -0.15) is 0 Å². The molecule has 0 saturated heterocycles. The number of hydrogen-bond donors (Lipinski definition) is 0. The molecule has 15 heteroatoms. The molecule has 0 bridgehead atoms. The Morgan fingerprint density at radius 2 is 0.866 bits per heavy atom. The van der Waals surface area contributed by atoms with Crippen LogP contribution in [0.3, 0.4) is 0 Å². The van der Waals surface area contributed by atoms with Crippen LogP contribution in [0, 0.1) is 27.1 Å². The van der Waals surface area contributed by atoms with Crippen molar-refractivity contribution in [3.63, 3.8) is 0 Å². The predicted molar refractivity (Wildman–Crippen MR) is 486 cm³/mol. The normalized spacial score (nSPS) is 11.5. The van der Waals surface area contributed by atoms with Crippen molar-refractivity contribution in [1.82, 2.24) is 44.5 Å². The van der Waals surface area contributed by atoms with E-state index in [1.54, 1.807) is 76.5 Å². The SMILES string of the molecule is C/C=C/C(=O)OC(C)C(C)(C)C.C=CC(=O)N(CC)CC(C)(C)C.C=CC(=O)N(CC)CCC(C)(C)C.C=CCN(CC(C)(C)C)C(=O)C=C.C=CCN(CCC(C)(C)C)C(=O)C=C.C=Cc1cc(C(C)(C)C)ccn1.C=Cc1cccc(C(C)(C)C)n1.C=Cc1nccc(C(C)(C)C)n1.C=Cc1ncccc1C(C)(C)C. The lowest BCUT2D eigenvalue weighted by Gasteiger charge is -2.28. The van der Waals surface area contributed by atoms with E-state index in [-0.39, 0.29) is 84.4 Å². The Morgan fingerprint density at radius 3 is 1.24 bits per heavy atom. The number of pyridine rings is 3. The van der Waals surface area contributed by atoms with Crippen molar-refractivity contribution < 1.29 is 28.7 Å². The van der Waals surface area contributed by atoms with Crippen molar-refractivity contribution in [2.75, 3.05) is 52.4 Å². The standard InChI is InChI=1S/C12H21NO.C11H21NO.C11H19NO.3C11H15N.C10H14N2.C10H19NO.C10H18O2/c1-6-9-13(11(14)7-2)10-8-12(3,4)5;1-6-10(13)12(7-2)9-8-11(3,4)5;1-6-8-12(10(13)7-2)9-11(3,4)5;1-5-10-8-9(6-7-12-10)11(2,3)4;1-5-10-9(11(2,3)4)7-6-8-12-10;1-5-9-7-6-8-10(12-9)11(2,3)4;1-5-9-11-7-6-8(12-9)10(2,3)4;1-6-9(12)11(7-2)8-10(3,4)5;1-6-7-9(11)12-8(2)10(3,4)5/h6-7H,1-2,8-10H2,3-5H3;6H,1,7-9H2,2-5H3;6-7H,1-2,8-9H2,3-5H3;3*5-8H,1H2,2-4H3;5-7H,1H2,2-4H3;6H,1,7-8H2,2-5H3;6-8H,1-5H3/b;;;;;;;;7-6+. The van der Waals surface area contributed by atoms with Crippen LogP contribution >= 0.6 is 0 Å². The fourth-order valence-corrected chi connectivity index (χ4v) is 8.85. The lowest BCUT2D eigenvalue weighted by atomic mass is 9.86. The summed E-state index contributed by atoms with van der Waals surface area (Å²) in [4.78, 5) is 84.5. The van der Waals surface area contributed by atoms with E-state index < -0.39 is 0 Å². The van der Waals surface area contributed by atoms with E-state index in [1.807, 2.05) is 89.0 Å². The molecule has 0 aliphatic carbocycles. The van der Waals surface area contributed by atoms with E-state index in [1.165, 1.54) is 41.5 Å². The molecule has 4 heterocycles. The van der Waals surface area contributed by atoms with Gasteiger partial charge in [0.15, 0.2) is 5.82 Å². The van der Waals surface area contributed by atoms with E-state index in [0.717, 1.165) is 80.6 Å². The summed E-state index contributed by atoms with van der Waals surface area (Å²) in [6.45, 7) is 107. The number of likely N-dealkylation sites (N-methyl/N-ethyl adjacent to an activating group) is 2. The van der Waals surface area contributed by atoms with E-state index in [4.69, 9.17) is 4.74 Å². The Kier molecular flexibility index (Phi) is 54.5. The minimum absolute atomic E-state index is 0.0112. The first kappa shape index (κ1) is 112. The molecule has 0 fully saturated rings. The second kappa shape index (κ2) is 54.7. The molecule has 0 aliphatic heterocycles. The fourth-order valence-electron chi connectivity index (χ4n) is 8.85. The molecule has 4 amide bonds. The number of rotatable bonds is 22. The zero-order valence-corrected chi connectivity index (χ0v) is 76.5. The smallest absolute Gasteiger partial charge is 0.330 e. The highest BCUT2D eigenvalue weighted by Crippen LogP contribution is 2.27. The van der Waals surface area contributed by atoms with Crippen molar-refractivity contribution in [3.05, 3.63) is 227 Å². The molecule has 0 aliphatic rings. The molecule has 4 aromatic rings. The first-order valence-corrected chi connectivity index (χ1v) is 39.1. The third kappa shape index (κ3) is 57.1. The summed E-state index contributed by atoms with van der Waals surface area (Å²) in [5.74, 6) is 0.436. The predicted octanol–water partition coefficient (Wildman–Crippen LogP) is 23.4. The maximum absolute atomic E-state index is 11.4. The van der Waals surface area contributed by atoms with Gasteiger partial charge in [-0.3, -0.25) is 34.1 Å². The average molecular weight is 1550 g/mol. The maximum Gasteiger partial charge on any atom is 0.330 e. The Labute approximate surface area is 685 Å². The van der Waals surface area contributed by atoms with E-state index in [2.05, 4.69) is 269 Å². The van der Waals surface area contributed by atoms with Crippen molar-refractivity contribution >= 4 is 53.9 Å². The first-order valence-electron chi connectivity index (χ1n) is 39.1. The Hall–Kier alpha value is -8.98. The van der Waals surface area contributed by atoms with Crippen LogP contribution in [0.2, 0.25) is 0 Å². The molecule has 4 aromatic heterocycles. The summed E-state index contributed by atoms with van der Waals surface area (Å²) in [5.41, 5.74) is 8.97. The lowest BCUT2D eigenvalue weighted by molar-refractivity contribution is -0.147. The summed E-state index contributed by atoms with van der Waals surface area (Å²) < 4.78 is 5.13. The van der Waals surface area contributed by atoms with Crippen LogP contribution in [0.4, 0.5) is 0 Å². The van der Waals surface area contributed by atoms with E-state index in [0.29, 0.717) is 18.9 Å². The second-order valence-electron chi connectivity index (χ2n) is 36.8. The quantitative estimate of drug-likeness (QED) is 0.0416. The van der Waals surface area contributed by atoms with Crippen molar-refractivity contribution in [1.29, 1.82) is 0 Å². The van der Waals surface area contributed by atoms with Crippen LogP contribution in [0.1, 0.15) is 273 Å². The lowest BCUT2D eigenvalue weighted by Crippen LogP contribution is -2.36. The highest BCUT2D eigenvalue weighted by molar-refractivity contribution is 5.88. The summed E-state index contributed by atoms with van der Waals surface area (Å²) in [6.07, 6.45) is 26.4. The number of nitrogens with zero attached hydrogens (tertiary/aromatic N) is 9. The molecule has 0 spiro atoms. The number of carbonyl (C=O) groups excluding carboxylic acids is 5. The minimum Gasteiger partial charge on any atom is -0.459 e. The summed E-state index contributed by atoms with van der Waals surface area (Å²) in [5, 5.41) is 0. The van der Waals surface area contributed by atoms with Gasteiger partial charge in [-0.1, -0.05) is 270 Å². The second-order valence-corrected chi connectivity index (χ2v) is 36.8. The van der Waals surface area contributed by atoms with Crippen LogP contribution in [-0.4, -0.2) is 133 Å². The van der Waals surface area contributed by atoms with Gasteiger partial charge in [0.2, 0.25) is 23.6 Å². The third-order valence-corrected chi connectivity index (χ3v) is 15.9. The van der Waals surface area contributed by atoms with Crippen LogP contribution in [0.25, 0.3) is 24.3 Å². The number of allylic oxidation sites excluding steroid dienone is 1. The number of hydrogen-bond acceptors (Lipinski definition) is 11. The molecule has 0 N–H and O–H groups in total. The zero-order valence-electron chi connectivity index (χ0n) is 76.5. The van der Waals surface area contributed by atoms with Gasteiger partial charge in [0.25, 0.3) is 0 Å². The van der Waals surface area contributed by atoms with Crippen molar-refractivity contribution in [2.45, 2.75) is 255 Å². The topological polar surface area (TPSA) is 172 Å². The van der Waals surface area contributed by atoms with Crippen LogP contribution in [-0.2, 0) is 50.4 Å². The Bertz CT molecular complexity index is 3380. The summed E-state index contributed by atoms with van der Waals surface area (Å²) in [7, 11) is 0. The van der Waals surface area contributed by atoms with Crippen LogP contribution < -0.4 is 0 Å². The van der Waals surface area contributed by atoms with Gasteiger partial charge in [0, 0.05) is 99.2 Å². The van der Waals surface area contributed by atoms with Gasteiger partial charge >= 0.3 is 5.97 Å². The average Bonchev–Trinajstić information content (AvgIpc) is 0.833. The molecule has 1 atom stereocenters. The van der Waals surface area contributed by atoms with Crippen LogP contribution in [0.5, 0.6) is 0 Å². The summed E-state index contributed by atoms with van der Waals surface area (Å²) >= 11 is 0. The molecule has 0 saturated carbocycles. The molecule has 4 rings (SSSR count). The zero-order chi connectivity index (χ0) is 88.5. The summed E-state index contributed by atoms with van der Waals surface area (Å²) in [6, 6.07) is 16.2. The van der Waals surface area contributed by atoms with Gasteiger partial charge in [0.05, 0.1) is 17.1 Å². The number of aromatic nitrogens is 5. The molecule has 626 valence electrons. The molecular weight excluding hydrogens is 1390 g/mol.